The van der Waals surface area contributed by atoms with E-state index in [1.807, 2.05) is 41.8 Å². The highest BCUT2D eigenvalue weighted by Gasteiger charge is 2.21. The zero-order valence-electron chi connectivity index (χ0n) is 13.1. The molecule has 0 saturated heterocycles. The van der Waals surface area contributed by atoms with Crippen molar-refractivity contribution in [2.24, 2.45) is 0 Å². The lowest BCUT2D eigenvalue weighted by atomic mass is 10.1. The van der Waals surface area contributed by atoms with Crippen LogP contribution in [0.4, 0.5) is 4.39 Å². The molecule has 0 aliphatic carbocycles. The first-order chi connectivity index (χ1) is 12.2. The van der Waals surface area contributed by atoms with Crippen molar-refractivity contribution in [3.8, 4) is 0 Å². The van der Waals surface area contributed by atoms with Gasteiger partial charge in [-0.3, -0.25) is 4.79 Å². The van der Waals surface area contributed by atoms with Crippen molar-refractivity contribution < 1.29 is 13.6 Å². The van der Waals surface area contributed by atoms with Gasteiger partial charge in [0.25, 0.3) is 5.91 Å². The molecule has 4 rings (SSSR count). The average molecular weight is 351 g/mol. The molecule has 124 valence electrons. The van der Waals surface area contributed by atoms with Gasteiger partial charge in [-0.15, -0.1) is 11.3 Å². The largest absolute Gasteiger partial charge is 0.451 e. The van der Waals surface area contributed by atoms with Gasteiger partial charge < -0.3 is 9.73 Å². The van der Waals surface area contributed by atoms with Gasteiger partial charge in [0.05, 0.1) is 6.04 Å². The van der Waals surface area contributed by atoms with E-state index < -0.39 is 0 Å². The molecule has 5 heteroatoms. The first-order valence-corrected chi connectivity index (χ1v) is 8.67. The molecule has 0 saturated carbocycles. The number of benzene rings is 2. The van der Waals surface area contributed by atoms with E-state index in [-0.39, 0.29) is 23.5 Å². The van der Waals surface area contributed by atoms with Gasteiger partial charge >= 0.3 is 0 Å². The number of carbonyl (C=O) groups is 1. The van der Waals surface area contributed by atoms with Crippen LogP contribution in [0, 0.1) is 5.82 Å². The fourth-order valence-corrected chi connectivity index (χ4v) is 3.53. The van der Waals surface area contributed by atoms with Crippen LogP contribution in [0.1, 0.15) is 27.0 Å². The molecule has 0 fully saturated rings. The van der Waals surface area contributed by atoms with Crippen LogP contribution >= 0.6 is 11.3 Å². The van der Waals surface area contributed by atoms with Crippen LogP contribution in [0.3, 0.4) is 0 Å². The maximum absolute atomic E-state index is 13.2. The normalized spacial score (nSPS) is 12.2. The van der Waals surface area contributed by atoms with Crippen molar-refractivity contribution in [1.82, 2.24) is 5.32 Å². The number of hydrogen-bond acceptors (Lipinski definition) is 3. The number of para-hydroxylation sites is 1. The second-order valence-electron chi connectivity index (χ2n) is 5.62. The predicted molar refractivity (Wildman–Crippen MR) is 96.2 cm³/mol. The highest BCUT2D eigenvalue weighted by molar-refractivity contribution is 7.10. The second kappa shape index (κ2) is 6.53. The van der Waals surface area contributed by atoms with E-state index >= 15 is 0 Å². The topological polar surface area (TPSA) is 42.2 Å². The molecule has 4 aromatic rings. The number of thiophene rings is 1. The van der Waals surface area contributed by atoms with E-state index in [0.29, 0.717) is 5.58 Å². The maximum atomic E-state index is 13.2. The van der Waals surface area contributed by atoms with Crippen molar-refractivity contribution in [2.45, 2.75) is 6.04 Å². The zero-order chi connectivity index (χ0) is 17.2. The molecule has 0 radical (unpaired) electrons. The molecular formula is C20H14FNO2S. The molecule has 0 aliphatic rings. The summed E-state index contributed by atoms with van der Waals surface area (Å²) in [5.41, 5.74) is 1.48. The van der Waals surface area contributed by atoms with Gasteiger partial charge in [0.15, 0.2) is 5.76 Å². The highest BCUT2D eigenvalue weighted by Crippen LogP contribution is 2.27. The van der Waals surface area contributed by atoms with Crippen LogP contribution in [0.2, 0.25) is 0 Å². The van der Waals surface area contributed by atoms with E-state index in [1.54, 1.807) is 18.2 Å². The van der Waals surface area contributed by atoms with E-state index in [4.69, 9.17) is 4.42 Å². The molecule has 1 amide bonds. The molecule has 3 nitrogen and oxygen atoms in total. The third-order valence-corrected chi connectivity index (χ3v) is 4.89. The lowest BCUT2D eigenvalue weighted by Crippen LogP contribution is -2.28. The summed E-state index contributed by atoms with van der Waals surface area (Å²) in [6.45, 7) is 0. The molecular weight excluding hydrogens is 337 g/mol. The highest BCUT2D eigenvalue weighted by atomic mass is 32.1. The van der Waals surface area contributed by atoms with Gasteiger partial charge in [-0.1, -0.05) is 36.4 Å². The Morgan fingerprint density at radius 3 is 2.56 bits per heavy atom. The second-order valence-corrected chi connectivity index (χ2v) is 6.60. The van der Waals surface area contributed by atoms with E-state index in [2.05, 4.69) is 5.32 Å². The number of hydrogen-bond donors (Lipinski definition) is 1. The van der Waals surface area contributed by atoms with Gasteiger partial charge in [-0.25, -0.2) is 4.39 Å². The quantitative estimate of drug-likeness (QED) is 0.552. The molecule has 2 heterocycles. The summed E-state index contributed by atoms with van der Waals surface area (Å²) in [6, 6.07) is 18.8. The maximum Gasteiger partial charge on any atom is 0.287 e. The van der Waals surface area contributed by atoms with Gasteiger partial charge in [0, 0.05) is 10.3 Å². The number of rotatable bonds is 4. The summed E-state index contributed by atoms with van der Waals surface area (Å²) in [7, 11) is 0. The molecule has 1 N–H and O–H groups in total. The van der Waals surface area contributed by atoms with E-state index in [0.717, 1.165) is 15.8 Å². The monoisotopic (exact) mass is 351 g/mol. The Balaban J connectivity index is 1.66. The predicted octanol–water partition coefficient (Wildman–Crippen LogP) is 5.15. The van der Waals surface area contributed by atoms with Crippen LogP contribution in [-0.2, 0) is 0 Å². The van der Waals surface area contributed by atoms with Crippen LogP contribution in [0.25, 0.3) is 11.0 Å². The fraction of sp³-hybridized carbons (Fsp3) is 0.0500. The van der Waals surface area contributed by atoms with Crippen LogP contribution in [0.5, 0.6) is 0 Å². The first-order valence-electron chi connectivity index (χ1n) is 7.79. The summed E-state index contributed by atoms with van der Waals surface area (Å²) >= 11 is 1.53. The minimum atomic E-state index is -0.360. The van der Waals surface area contributed by atoms with Crippen LogP contribution in [0.15, 0.2) is 76.5 Å². The van der Waals surface area contributed by atoms with Crippen molar-refractivity contribution >= 4 is 28.2 Å². The Hall–Kier alpha value is -2.92. The van der Waals surface area contributed by atoms with Gasteiger partial charge in [-0.05, 0) is 41.3 Å². The summed E-state index contributed by atoms with van der Waals surface area (Å²) < 4.78 is 18.9. The number of carbonyl (C=O) groups excluding carboxylic acids is 1. The number of fused-ring (bicyclic) bond motifs is 1. The van der Waals surface area contributed by atoms with Crippen molar-refractivity contribution in [3.63, 3.8) is 0 Å². The van der Waals surface area contributed by atoms with Gasteiger partial charge in [-0.2, -0.15) is 0 Å². The lowest BCUT2D eigenvalue weighted by Gasteiger charge is -2.17. The number of halogens is 1. The summed E-state index contributed by atoms with van der Waals surface area (Å²) in [5.74, 6) is -0.360. The number of furan rings is 1. The van der Waals surface area contributed by atoms with Crippen LogP contribution in [-0.4, -0.2) is 5.91 Å². The summed E-state index contributed by atoms with van der Waals surface area (Å²) in [4.78, 5) is 13.7. The Morgan fingerprint density at radius 2 is 1.84 bits per heavy atom. The minimum Gasteiger partial charge on any atom is -0.451 e. The van der Waals surface area contributed by atoms with Crippen molar-refractivity contribution in [2.75, 3.05) is 0 Å². The van der Waals surface area contributed by atoms with Crippen LogP contribution < -0.4 is 5.32 Å². The van der Waals surface area contributed by atoms with E-state index in [9.17, 15) is 9.18 Å². The fourth-order valence-electron chi connectivity index (χ4n) is 2.73. The van der Waals surface area contributed by atoms with Gasteiger partial charge in [0.1, 0.15) is 11.4 Å². The molecule has 2 aromatic heterocycles. The Labute approximate surface area is 147 Å². The van der Waals surface area contributed by atoms with Crippen molar-refractivity contribution in [3.05, 3.63) is 94.1 Å². The molecule has 25 heavy (non-hydrogen) atoms. The molecule has 0 aliphatic heterocycles. The Bertz CT molecular complexity index is 973. The number of nitrogens with one attached hydrogen (secondary N) is 1. The average Bonchev–Trinajstić information content (AvgIpc) is 3.30. The third kappa shape index (κ3) is 3.19. The molecule has 0 unspecified atom stereocenters. The molecule has 1 atom stereocenters. The lowest BCUT2D eigenvalue weighted by molar-refractivity contribution is 0.0918. The van der Waals surface area contributed by atoms with Crippen molar-refractivity contribution in [1.29, 1.82) is 0 Å². The Morgan fingerprint density at radius 1 is 1.04 bits per heavy atom. The SMILES string of the molecule is O=C(N[C@@H](c1ccc(F)cc1)c1cccs1)c1cc2ccccc2o1. The zero-order valence-corrected chi connectivity index (χ0v) is 13.9. The molecule has 0 spiro atoms. The first kappa shape index (κ1) is 15.6. The number of amides is 1. The minimum absolute atomic E-state index is 0.255. The smallest absolute Gasteiger partial charge is 0.287 e. The molecule has 2 aromatic carbocycles. The van der Waals surface area contributed by atoms with Gasteiger partial charge in [0.2, 0.25) is 0 Å². The van der Waals surface area contributed by atoms with E-state index in [1.165, 1.54) is 23.5 Å². The Kier molecular flexibility index (Phi) is 4.07. The summed E-state index contributed by atoms with van der Waals surface area (Å²) in [6.07, 6.45) is 0. The molecule has 0 bridgehead atoms. The standard InChI is InChI=1S/C20H14FNO2S/c21-15-9-7-13(8-10-15)19(18-6-3-11-25-18)22-20(23)17-12-14-4-1-2-5-16(14)24-17/h1-12,19H,(H,22,23)/t19-/m0/s1. The summed E-state index contributed by atoms with van der Waals surface area (Å²) in [5, 5.41) is 5.81. The third-order valence-electron chi connectivity index (χ3n) is 3.96.